The number of amides is 2. The first-order valence-corrected chi connectivity index (χ1v) is 6.49. The molecule has 0 saturated heterocycles. The molecule has 1 rings (SSSR count). The maximum atomic E-state index is 11.5. The second-order valence-corrected chi connectivity index (χ2v) is 4.66. The van der Waals surface area contributed by atoms with Crippen LogP contribution in [0.25, 0.3) is 0 Å². The fourth-order valence-electron chi connectivity index (χ4n) is 1.14. The van der Waals surface area contributed by atoms with Gasteiger partial charge >= 0.3 is 5.97 Å². The van der Waals surface area contributed by atoms with Gasteiger partial charge in [0, 0.05) is 18.4 Å². The Morgan fingerprint density at radius 1 is 1.37 bits per heavy atom. The molecule has 7 nitrogen and oxygen atoms in total. The normalized spacial score (nSPS) is 9.89. The van der Waals surface area contributed by atoms with Crippen molar-refractivity contribution in [3.05, 3.63) is 23.9 Å². The number of anilines is 1. The van der Waals surface area contributed by atoms with Crippen molar-refractivity contribution in [1.29, 1.82) is 0 Å². The van der Waals surface area contributed by atoms with Gasteiger partial charge in [0.1, 0.15) is 5.82 Å². The van der Waals surface area contributed by atoms with Crippen LogP contribution in [0.3, 0.4) is 0 Å². The molecule has 0 aliphatic heterocycles. The minimum Gasteiger partial charge on any atom is -0.478 e. The fraction of sp³-hybridized carbons (Fsp3) is 0.273. The van der Waals surface area contributed by atoms with Crippen LogP contribution in [0.5, 0.6) is 0 Å². The van der Waals surface area contributed by atoms with Crippen LogP contribution in [0.4, 0.5) is 5.82 Å². The van der Waals surface area contributed by atoms with Gasteiger partial charge in [-0.1, -0.05) is 0 Å². The number of nitrogens with zero attached hydrogens (tertiary/aromatic N) is 1. The highest BCUT2D eigenvalue weighted by Gasteiger charge is 2.06. The number of carboxylic acids is 1. The van der Waals surface area contributed by atoms with Crippen LogP contribution in [0.15, 0.2) is 18.3 Å². The van der Waals surface area contributed by atoms with Crippen LogP contribution >= 0.6 is 11.8 Å². The monoisotopic (exact) mass is 283 g/mol. The Bertz CT molecular complexity index is 475. The third kappa shape index (κ3) is 5.87. The molecule has 0 aliphatic rings. The minimum atomic E-state index is -1.08. The molecule has 1 aromatic rings. The molecule has 0 aliphatic carbocycles. The van der Waals surface area contributed by atoms with Crippen molar-refractivity contribution in [2.75, 3.05) is 16.8 Å². The van der Waals surface area contributed by atoms with E-state index < -0.39 is 11.9 Å². The molecule has 0 aromatic carbocycles. The smallest absolute Gasteiger partial charge is 0.337 e. The Morgan fingerprint density at radius 2 is 2.11 bits per heavy atom. The maximum absolute atomic E-state index is 11.5. The van der Waals surface area contributed by atoms with Crippen LogP contribution < -0.4 is 11.1 Å². The van der Waals surface area contributed by atoms with E-state index in [9.17, 15) is 14.4 Å². The lowest BCUT2D eigenvalue weighted by Crippen LogP contribution is -2.16. The molecule has 19 heavy (non-hydrogen) atoms. The quantitative estimate of drug-likeness (QED) is 0.620. The van der Waals surface area contributed by atoms with Crippen LogP contribution in [0, 0.1) is 0 Å². The Kier molecular flexibility index (Phi) is 5.80. The molecule has 0 radical (unpaired) electrons. The Labute approximate surface area is 113 Å². The zero-order chi connectivity index (χ0) is 14.3. The standard InChI is InChI=1S/C11H13N3O4S/c12-8(15)6-19-4-3-10(16)14-9-2-1-7(5-13-9)11(17)18/h1-2,5H,3-4,6H2,(H2,12,15)(H,17,18)(H,13,14,16). The second kappa shape index (κ2) is 7.37. The number of carbonyl (C=O) groups excluding carboxylic acids is 2. The Morgan fingerprint density at radius 3 is 2.63 bits per heavy atom. The zero-order valence-electron chi connectivity index (χ0n) is 9.96. The van der Waals surface area contributed by atoms with E-state index in [4.69, 9.17) is 10.8 Å². The summed E-state index contributed by atoms with van der Waals surface area (Å²) in [6, 6.07) is 2.77. The molecular formula is C11H13N3O4S. The third-order valence-electron chi connectivity index (χ3n) is 2.00. The van der Waals surface area contributed by atoms with Crippen molar-refractivity contribution in [3.63, 3.8) is 0 Å². The zero-order valence-corrected chi connectivity index (χ0v) is 10.8. The molecule has 0 atom stereocenters. The van der Waals surface area contributed by atoms with E-state index in [2.05, 4.69) is 10.3 Å². The van der Waals surface area contributed by atoms with Gasteiger partial charge in [-0.3, -0.25) is 9.59 Å². The predicted octanol–water partition coefficient (Wildman–Crippen LogP) is 0.327. The third-order valence-corrected chi connectivity index (χ3v) is 2.98. The molecular weight excluding hydrogens is 270 g/mol. The maximum Gasteiger partial charge on any atom is 0.337 e. The summed E-state index contributed by atoms with van der Waals surface area (Å²) in [6.45, 7) is 0. The van der Waals surface area contributed by atoms with Crippen molar-refractivity contribution in [2.45, 2.75) is 6.42 Å². The van der Waals surface area contributed by atoms with Gasteiger partial charge < -0.3 is 16.2 Å². The molecule has 0 unspecified atom stereocenters. The van der Waals surface area contributed by atoms with Crippen LogP contribution in [0.1, 0.15) is 16.8 Å². The number of primary amides is 1. The van der Waals surface area contributed by atoms with E-state index in [1.165, 1.54) is 30.1 Å². The van der Waals surface area contributed by atoms with Gasteiger partial charge in [-0.2, -0.15) is 11.8 Å². The number of hydrogen-bond donors (Lipinski definition) is 3. The first-order chi connectivity index (χ1) is 8.99. The van der Waals surface area contributed by atoms with Crippen LogP contribution in [0.2, 0.25) is 0 Å². The number of rotatable bonds is 7. The van der Waals surface area contributed by atoms with Gasteiger partial charge in [-0.25, -0.2) is 9.78 Å². The number of nitrogens with two attached hydrogens (primary N) is 1. The van der Waals surface area contributed by atoms with Crippen molar-refractivity contribution >= 4 is 35.4 Å². The lowest BCUT2D eigenvalue weighted by atomic mass is 10.3. The van der Waals surface area contributed by atoms with Gasteiger partial charge in [-0.05, 0) is 12.1 Å². The Hall–Kier alpha value is -2.09. The summed E-state index contributed by atoms with van der Waals surface area (Å²) in [7, 11) is 0. The first kappa shape index (κ1) is 15.0. The van der Waals surface area contributed by atoms with E-state index in [-0.39, 0.29) is 29.5 Å². The SMILES string of the molecule is NC(=O)CSCCC(=O)Nc1ccc(C(=O)O)cn1. The summed E-state index contributed by atoms with van der Waals surface area (Å²) in [5.74, 6) is -0.812. The van der Waals surface area contributed by atoms with Gasteiger partial charge in [0.05, 0.1) is 11.3 Å². The van der Waals surface area contributed by atoms with Gasteiger partial charge in [0.25, 0.3) is 0 Å². The van der Waals surface area contributed by atoms with E-state index in [0.29, 0.717) is 5.75 Å². The topological polar surface area (TPSA) is 122 Å². The second-order valence-electron chi connectivity index (χ2n) is 3.55. The number of carbonyl (C=O) groups is 3. The van der Waals surface area contributed by atoms with Crippen molar-refractivity contribution in [3.8, 4) is 0 Å². The summed E-state index contributed by atoms with van der Waals surface area (Å²) >= 11 is 1.27. The van der Waals surface area contributed by atoms with Gasteiger partial charge in [0.15, 0.2) is 0 Å². The van der Waals surface area contributed by atoms with Gasteiger partial charge in [-0.15, -0.1) is 0 Å². The molecule has 0 spiro atoms. The van der Waals surface area contributed by atoms with E-state index in [1.807, 2.05) is 0 Å². The van der Waals surface area contributed by atoms with Crippen LogP contribution in [-0.4, -0.2) is 39.4 Å². The average Bonchev–Trinajstić information content (AvgIpc) is 2.35. The lowest BCUT2D eigenvalue weighted by molar-refractivity contribution is -0.116. The number of aromatic nitrogens is 1. The molecule has 2 amide bonds. The van der Waals surface area contributed by atoms with Crippen molar-refractivity contribution in [2.24, 2.45) is 5.73 Å². The van der Waals surface area contributed by atoms with Crippen LogP contribution in [-0.2, 0) is 9.59 Å². The van der Waals surface area contributed by atoms with Gasteiger partial charge in [0.2, 0.25) is 11.8 Å². The predicted molar refractivity (Wildman–Crippen MR) is 71.0 cm³/mol. The highest BCUT2D eigenvalue weighted by atomic mass is 32.2. The van der Waals surface area contributed by atoms with Crippen molar-refractivity contribution in [1.82, 2.24) is 4.98 Å². The summed E-state index contributed by atoms with van der Waals surface area (Å²) in [6.07, 6.45) is 1.39. The molecule has 1 heterocycles. The largest absolute Gasteiger partial charge is 0.478 e. The Balaban J connectivity index is 2.35. The summed E-state index contributed by atoms with van der Waals surface area (Å²) < 4.78 is 0. The molecule has 1 aromatic heterocycles. The lowest BCUT2D eigenvalue weighted by Gasteiger charge is -2.04. The number of nitrogens with one attached hydrogen (secondary N) is 1. The first-order valence-electron chi connectivity index (χ1n) is 5.34. The minimum absolute atomic E-state index is 0.0509. The molecule has 102 valence electrons. The summed E-state index contributed by atoms with van der Waals surface area (Å²) in [5, 5.41) is 11.2. The fourth-order valence-corrected chi connectivity index (χ4v) is 1.81. The number of hydrogen-bond acceptors (Lipinski definition) is 5. The summed E-state index contributed by atoms with van der Waals surface area (Å²) in [4.78, 5) is 36.3. The number of pyridine rings is 1. The average molecular weight is 283 g/mol. The van der Waals surface area contributed by atoms with Crippen molar-refractivity contribution < 1.29 is 19.5 Å². The van der Waals surface area contributed by atoms with E-state index >= 15 is 0 Å². The molecule has 0 saturated carbocycles. The molecule has 8 heteroatoms. The molecule has 0 fully saturated rings. The van der Waals surface area contributed by atoms with E-state index in [1.54, 1.807) is 0 Å². The molecule has 0 bridgehead atoms. The number of carboxylic acid groups (broad SMARTS) is 1. The summed E-state index contributed by atoms with van der Waals surface area (Å²) in [5.41, 5.74) is 5.00. The number of aromatic carboxylic acids is 1. The molecule has 4 N–H and O–H groups in total. The van der Waals surface area contributed by atoms with E-state index in [0.717, 1.165) is 0 Å². The number of thioether (sulfide) groups is 1. The highest BCUT2D eigenvalue weighted by molar-refractivity contribution is 7.99. The highest BCUT2D eigenvalue weighted by Crippen LogP contribution is 2.07.